The van der Waals surface area contributed by atoms with E-state index in [4.69, 9.17) is 16.0 Å². The minimum atomic E-state index is 0.531. The van der Waals surface area contributed by atoms with Crippen LogP contribution in [-0.4, -0.2) is 4.98 Å². The van der Waals surface area contributed by atoms with E-state index in [-0.39, 0.29) is 0 Å². The molecular formula is C14H10BrClN2O. The Kier molecular flexibility index (Phi) is 3.44. The Morgan fingerprint density at radius 2 is 1.95 bits per heavy atom. The lowest BCUT2D eigenvalue weighted by molar-refractivity contribution is 0.539. The normalized spacial score (nSPS) is 10.8. The van der Waals surface area contributed by atoms with E-state index in [2.05, 4.69) is 26.2 Å². The summed E-state index contributed by atoms with van der Waals surface area (Å²) in [7, 11) is 0. The molecular weight excluding hydrogens is 328 g/mol. The third-order valence-corrected chi connectivity index (χ3v) is 3.58. The molecule has 0 fully saturated rings. The van der Waals surface area contributed by atoms with Crippen molar-refractivity contribution in [2.45, 2.75) is 6.54 Å². The molecule has 0 amide bonds. The van der Waals surface area contributed by atoms with Crippen molar-refractivity contribution >= 4 is 44.3 Å². The van der Waals surface area contributed by atoms with Crippen molar-refractivity contribution in [2.75, 3.05) is 5.32 Å². The first-order valence-corrected chi connectivity index (χ1v) is 6.93. The fourth-order valence-electron chi connectivity index (χ4n) is 1.78. The molecule has 3 aromatic rings. The van der Waals surface area contributed by atoms with Crippen LogP contribution in [0.25, 0.3) is 11.1 Å². The highest BCUT2D eigenvalue weighted by Gasteiger charge is 2.07. The van der Waals surface area contributed by atoms with Crippen molar-refractivity contribution in [1.82, 2.24) is 4.98 Å². The zero-order valence-corrected chi connectivity index (χ0v) is 12.2. The third-order valence-electron chi connectivity index (χ3n) is 2.70. The van der Waals surface area contributed by atoms with Gasteiger partial charge in [-0.2, -0.15) is 0 Å². The van der Waals surface area contributed by atoms with Gasteiger partial charge in [0, 0.05) is 10.7 Å². The molecule has 0 saturated heterocycles. The Morgan fingerprint density at radius 1 is 1.16 bits per heavy atom. The molecule has 2 aromatic carbocycles. The Morgan fingerprint density at radius 3 is 2.68 bits per heavy atom. The average molecular weight is 338 g/mol. The Labute approximate surface area is 123 Å². The molecule has 3 rings (SSSR count). The molecule has 0 aliphatic rings. The summed E-state index contributed by atoms with van der Waals surface area (Å²) >= 11 is 9.28. The molecule has 0 aliphatic carbocycles. The van der Waals surface area contributed by atoms with Gasteiger partial charge in [0.2, 0.25) is 5.89 Å². The summed E-state index contributed by atoms with van der Waals surface area (Å²) in [4.78, 5) is 4.42. The topological polar surface area (TPSA) is 38.1 Å². The fourth-order valence-corrected chi connectivity index (χ4v) is 2.35. The van der Waals surface area contributed by atoms with E-state index < -0.39 is 0 Å². The second-order valence-corrected chi connectivity index (χ2v) is 5.35. The van der Waals surface area contributed by atoms with Crippen LogP contribution >= 0.6 is 27.5 Å². The number of hydrogen-bond donors (Lipinski definition) is 1. The van der Waals surface area contributed by atoms with Gasteiger partial charge in [0.1, 0.15) is 5.52 Å². The monoisotopic (exact) mass is 336 g/mol. The third kappa shape index (κ3) is 2.74. The molecule has 0 radical (unpaired) electrons. The molecule has 3 nitrogen and oxygen atoms in total. The number of hydrogen-bond acceptors (Lipinski definition) is 3. The van der Waals surface area contributed by atoms with Crippen LogP contribution in [0, 0.1) is 0 Å². The molecule has 96 valence electrons. The number of para-hydroxylation sites is 1. The molecule has 1 N–H and O–H groups in total. The number of fused-ring (bicyclic) bond motifs is 1. The lowest BCUT2D eigenvalue weighted by Gasteiger charge is -2.02. The van der Waals surface area contributed by atoms with Crippen molar-refractivity contribution in [1.29, 1.82) is 0 Å². The largest absolute Gasteiger partial charge is 0.438 e. The number of nitrogens with one attached hydrogen (secondary N) is 1. The predicted octanol–water partition coefficient (Wildman–Crippen LogP) is 4.86. The van der Waals surface area contributed by atoms with Gasteiger partial charge in [-0.25, -0.2) is 4.98 Å². The molecule has 0 aliphatic heterocycles. The number of benzene rings is 2. The Balaban J connectivity index is 1.78. The maximum atomic E-state index is 5.84. The SMILES string of the molecule is Clc1ccc(NCc2nc3cccc(Br)c3o2)cc1. The second-order valence-electron chi connectivity index (χ2n) is 4.06. The van der Waals surface area contributed by atoms with Crippen LogP contribution in [0.5, 0.6) is 0 Å². The van der Waals surface area contributed by atoms with E-state index in [1.807, 2.05) is 42.5 Å². The minimum absolute atomic E-state index is 0.531. The number of aromatic nitrogens is 1. The van der Waals surface area contributed by atoms with Gasteiger partial charge >= 0.3 is 0 Å². The molecule has 0 bridgehead atoms. The highest BCUT2D eigenvalue weighted by Crippen LogP contribution is 2.24. The Hall–Kier alpha value is -1.52. The van der Waals surface area contributed by atoms with E-state index in [9.17, 15) is 0 Å². The van der Waals surface area contributed by atoms with Gasteiger partial charge in [0.25, 0.3) is 0 Å². The average Bonchev–Trinajstić information content (AvgIpc) is 2.83. The van der Waals surface area contributed by atoms with Crippen molar-refractivity contribution in [2.24, 2.45) is 0 Å². The van der Waals surface area contributed by atoms with E-state index in [0.717, 1.165) is 26.3 Å². The van der Waals surface area contributed by atoms with Crippen molar-refractivity contribution in [3.8, 4) is 0 Å². The van der Waals surface area contributed by atoms with Crippen LogP contribution in [0.1, 0.15) is 5.89 Å². The summed E-state index contributed by atoms with van der Waals surface area (Å²) in [5, 5.41) is 3.96. The number of anilines is 1. The summed E-state index contributed by atoms with van der Waals surface area (Å²) in [6.45, 7) is 0.531. The first-order chi connectivity index (χ1) is 9.22. The van der Waals surface area contributed by atoms with Crippen molar-refractivity contribution in [3.63, 3.8) is 0 Å². The maximum Gasteiger partial charge on any atom is 0.214 e. The number of halogens is 2. The van der Waals surface area contributed by atoms with Crippen LogP contribution in [0.3, 0.4) is 0 Å². The second kappa shape index (κ2) is 5.23. The number of nitrogens with zero attached hydrogens (tertiary/aromatic N) is 1. The summed E-state index contributed by atoms with van der Waals surface area (Å²) in [5.41, 5.74) is 2.60. The first kappa shape index (κ1) is 12.5. The van der Waals surface area contributed by atoms with E-state index in [0.29, 0.717) is 12.4 Å². The smallest absolute Gasteiger partial charge is 0.214 e. The molecule has 1 heterocycles. The molecule has 0 saturated carbocycles. The van der Waals surface area contributed by atoms with E-state index >= 15 is 0 Å². The highest BCUT2D eigenvalue weighted by atomic mass is 79.9. The highest BCUT2D eigenvalue weighted by molar-refractivity contribution is 9.10. The lowest BCUT2D eigenvalue weighted by atomic mass is 10.3. The zero-order valence-electron chi connectivity index (χ0n) is 9.86. The van der Waals surface area contributed by atoms with Crippen molar-refractivity contribution in [3.05, 3.63) is 57.9 Å². The van der Waals surface area contributed by atoms with Gasteiger partial charge in [0.05, 0.1) is 11.0 Å². The van der Waals surface area contributed by atoms with Gasteiger partial charge in [-0.05, 0) is 52.3 Å². The maximum absolute atomic E-state index is 5.84. The molecule has 5 heteroatoms. The van der Waals surface area contributed by atoms with Gasteiger partial charge in [0.15, 0.2) is 5.58 Å². The van der Waals surface area contributed by atoms with Gasteiger partial charge in [-0.1, -0.05) is 17.7 Å². The van der Waals surface area contributed by atoms with Crippen LogP contribution in [-0.2, 0) is 6.54 Å². The molecule has 0 unspecified atom stereocenters. The van der Waals surface area contributed by atoms with Crippen molar-refractivity contribution < 1.29 is 4.42 Å². The fraction of sp³-hybridized carbons (Fsp3) is 0.0714. The van der Waals surface area contributed by atoms with Crippen LogP contribution in [0.2, 0.25) is 5.02 Å². The van der Waals surface area contributed by atoms with E-state index in [1.54, 1.807) is 0 Å². The molecule has 0 spiro atoms. The van der Waals surface area contributed by atoms with Crippen LogP contribution < -0.4 is 5.32 Å². The summed E-state index contributed by atoms with van der Waals surface area (Å²) in [5.74, 6) is 0.650. The molecule has 1 aromatic heterocycles. The molecule has 19 heavy (non-hydrogen) atoms. The molecule has 0 atom stereocenters. The van der Waals surface area contributed by atoms with E-state index in [1.165, 1.54) is 0 Å². The standard InChI is InChI=1S/C14H10BrClN2O/c15-11-2-1-3-12-14(11)19-13(18-12)8-17-10-6-4-9(16)5-7-10/h1-7,17H,8H2. The quantitative estimate of drug-likeness (QED) is 0.742. The zero-order chi connectivity index (χ0) is 13.2. The summed E-state index contributed by atoms with van der Waals surface area (Å²) < 4.78 is 6.61. The minimum Gasteiger partial charge on any atom is -0.438 e. The lowest BCUT2D eigenvalue weighted by Crippen LogP contribution is -1.98. The number of oxazole rings is 1. The van der Waals surface area contributed by atoms with Gasteiger partial charge in [-0.3, -0.25) is 0 Å². The van der Waals surface area contributed by atoms with Crippen LogP contribution in [0.4, 0.5) is 5.69 Å². The summed E-state index contributed by atoms with van der Waals surface area (Å²) in [6.07, 6.45) is 0. The Bertz CT molecular complexity index is 709. The van der Waals surface area contributed by atoms with Gasteiger partial charge in [-0.15, -0.1) is 0 Å². The van der Waals surface area contributed by atoms with Crippen LogP contribution in [0.15, 0.2) is 51.4 Å². The summed E-state index contributed by atoms with van der Waals surface area (Å²) in [6, 6.07) is 13.3. The number of rotatable bonds is 3. The predicted molar refractivity (Wildman–Crippen MR) is 80.5 cm³/mol. The first-order valence-electron chi connectivity index (χ1n) is 5.76. The van der Waals surface area contributed by atoms with Gasteiger partial charge < -0.3 is 9.73 Å².